The van der Waals surface area contributed by atoms with Crippen molar-refractivity contribution in [2.45, 2.75) is 6.18 Å². The highest BCUT2D eigenvalue weighted by Gasteiger charge is 2.39. The zero-order valence-electron chi connectivity index (χ0n) is 9.22. The average molecular weight is 324 g/mol. The predicted molar refractivity (Wildman–Crippen MR) is 64.7 cm³/mol. The molecule has 1 rings (SSSR count). The van der Waals surface area contributed by atoms with Crippen LogP contribution in [0.25, 0.3) is 0 Å². The van der Waals surface area contributed by atoms with Crippen LogP contribution in [0.5, 0.6) is 5.75 Å². The van der Waals surface area contributed by atoms with Crippen molar-refractivity contribution >= 4 is 27.4 Å². The van der Waals surface area contributed by atoms with E-state index in [0.29, 0.717) is 11.4 Å². The van der Waals surface area contributed by atoms with Crippen molar-refractivity contribution in [3.05, 3.63) is 34.9 Å². The van der Waals surface area contributed by atoms with Crippen LogP contribution < -0.4 is 10.1 Å². The summed E-state index contributed by atoms with van der Waals surface area (Å²) in [5, 5.41) is 2.56. The molecule has 0 radical (unpaired) electrons. The van der Waals surface area contributed by atoms with Gasteiger partial charge in [0.05, 0.1) is 17.3 Å². The number of allylic oxidation sites excluding steroid dienone is 1. The molecule has 1 aromatic carbocycles. The lowest BCUT2D eigenvalue weighted by Crippen LogP contribution is -2.22. The maximum atomic E-state index is 12.1. The molecule has 18 heavy (non-hydrogen) atoms. The molecule has 0 atom stereocenters. The summed E-state index contributed by atoms with van der Waals surface area (Å²) in [6, 6.07) is 6.63. The number of halogens is 4. The smallest absolute Gasteiger partial charge is 0.455 e. The number of ketones is 1. The fourth-order valence-electron chi connectivity index (χ4n) is 1.11. The molecule has 0 fully saturated rings. The first-order valence-electron chi connectivity index (χ1n) is 4.73. The van der Waals surface area contributed by atoms with Crippen LogP contribution in [0.4, 0.5) is 18.9 Å². The zero-order chi connectivity index (χ0) is 13.8. The molecule has 0 aliphatic heterocycles. The maximum Gasteiger partial charge on any atom is 0.455 e. The van der Waals surface area contributed by atoms with Crippen LogP contribution in [0, 0.1) is 0 Å². The fraction of sp³-hybridized carbons (Fsp3) is 0.182. The Hall–Kier alpha value is -1.50. The minimum Gasteiger partial charge on any atom is -0.495 e. The van der Waals surface area contributed by atoms with Gasteiger partial charge in [-0.1, -0.05) is 12.1 Å². The quantitative estimate of drug-likeness (QED) is 0.862. The standard InChI is InChI=1S/C11H9BrF3NO2/c1-18-9-5-3-2-4-8(9)16-6-7(12)10(17)11(13,14)15/h2-6,16H,1H3/b7-6-. The van der Waals surface area contributed by atoms with Gasteiger partial charge in [0.2, 0.25) is 0 Å². The van der Waals surface area contributed by atoms with Crippen molar-refractivity contribution in [1.29, 1.82) is 0 Å². The van der Waals surface area contributed by atoms with Crippen LogP contribution in [0.15, 0.2) is 34.9 Å². The third-order valence-corrected chi connectivity index (χ3v) is 2.52. The van der Waals surface area contributed by atoms with E-state index in [1.807, 2.05) is 0 Å². The molecule has 0 bridgehead atoms. The maximum absolute atomic E-state index is 12.1. The van der Waals surface area contributed by atoms with Crippen molar-refractivity contribution in [3.63, 3.8) is 0 Å². The summed E-state index contributed by atoms with van der Waals surface area (Å²) in [5.74, 6) is -1.50. The van der Waals surface area contributed by atoms with E-state index in [9.17, 15) is 18.0 Å². The molecule has 98 valence electrons. The van der Waals surface area contributed by atoms with Crippen molar-refractivity contribution in [2.24, 2.45) is 0 Å². The van der Waals surface area contributed by atoms with Gasteiger partial charge >= 0.3 is 6.18 Å². The minimum atomic E-state index is -4.90. The second-order valence-corrected chi connectivity index (χ2v) is 4.02. The topological polar surface area (TPSA) is 38.3 Å². The average Bonchev–Trinajstić information content (AvgIpc) is 2.34. The highest BCUT2D eigenvalue weighted by Crippen LogP contribution is 2.26. The van der Waals surface area contributed by atoms with E-state index in [1.54, 1.807) is 24.3 Å². The second-order valence-electron chi connectivity index (χ2n) is 3.16. The molecule has 1 aromatic rings. The summed E-state index contributed by atoms with van der Waals surface area (Å²) in [4.78, 5) is 10.8. The van der Waals surface area contributed by atoms with Crippen LogP contribution in [0.2, 0.25) is 0 Å². The first-order valence-corrected chi connectivity index (χ1v) is 5.52. The number of carbonyl (C=O) groups excluding carboxylic acids is 1. The molecule has 0 saturated heterocycles. The molecule has 1 N–H and O–H groups in total. The van der Waals surface area contributed by atoms with Crippen molar-refractivity contribution in [2.75, 3.05) is 12.4 Å². The lowest BCUT2D eigenvalue weighted by Gasteiger charge is -2.08. The second kappa shape index (κ2) is 5.90. The molecule has 0 saturated carbocycles. The van der Waals surface area contributed by atoms with Crippen molar-refractivity contribution in [1.82, 2.24) is 0 Å². The normalized spacial score (nSPS) is 12.2. The Balaban J connectivity index is 2.83. The summed E-state index contributed by atoms with van der Waals surface area (Å²) in [7, 11) is 1.43. The van der Waals surface area contributed by atoms with E-state index < -0.39 is 16.4 Å². The number of Topliss-reactive ketones (excluding diaryl/α,β-unsaturated/α-hetero) is 1. The van der Waals surface area contributed by atoms with E-state index in [2.05, 4.69) is 21.2 Å². The molecule has 0 aliphatic rings. The van der Waals surface area contributed by atoms with Crippen LogP contribution in [-0.2, 0) is 4.79 Å². The van der Waals surface area contributed by atoms with Gasteiger partial charge in [-0.3, -0.25) is 4.79 Å². The predicted octanol–water partition coefficient (Wildman–Crippen LogP) is 3.47. The van der Waals surface area contributed by atoms with Gasteiger partial charge in [-0.15, -0.1) is 0 Å². The Morgan fingerprint density at radius 2 is 2.00 bits per heavy atom. The highest BCUT2D eigenvalue weighted by molar-refractivity contribution is 9.12. The Morgan fingerprint density at radius 1 is 1.39 bits per heavy atom. The van der Waals surface area contributed by atoms with Crippen LogP contribution >= 0.6 is 15.9 Å². The number of ether oxygens (including phenoxy) is 1. The first-order chi connectivity index (χ1) is 8.36. The Bertz CT molecular complexity index is 472. The lowest BCUT2D eigenvalue weighted by atomic mass is 10.3. The summed E-state index contributed by atoms with van der Waals surface area (Å²) in [5.41, 5.74) is 0.451. The number of benzene rings is 1. The monoisotopic (exact) mass is 323 g/mol. The molecular formula is C11H9BrF3NO2. The molecule has 0 spiro atoms. The molecule has 0 amide bonds. The van der Waals surface area contributed by atoms with Gasteiger partial charge in [-0.2, -0.15) is 13.2 Å². The van der Waals surface area contributed by atoms with Crippen LogP contribution in [-0.4, -0.2) is 19.1 Å². The van der Waals surface area contributed by atoms with E-state index in [0.717, 1.165) is 6.20 Å². The van der Waals surface area contributed by atoms with Gasteiger partial charge < -0.3 is 10.1 Å². The van der Waals surface area contributed by atoms with Gasteiger partial charge in [0.15, 0.2) is 0 Å². The zero-order valence-corrected chi connectivity index (χ0v) is 10.8. The van der Waals surface area contributed by atoms with E-state index in [-0.39, 0.29) is 0 Å². The summed E-state index contributed by atoms with van der Waals surface area (Å²) < 4.78 is 40.7. The summed E-state index contributed by atoms with van der Waals surface area (Å²) in [6.45, 7) is 0. The number of nitrogens with one attached hydrogen (secondary N) is 1. The number of hydrogen-bond donors (Lipinski definition) is 1. The van der Waals surface area contributed by atoms with E-state index in [4.69, 9.17) is 4.74 Å². The number of carbonyl (C=O) groups is 1. The molecule has 0 aromatic heterocycles. The van der Waals surface area contributed by atoms with E-state index in [1.165, 1.54) is 7.11 Å². The number of para-hydroxylation sites is 2. The van der Waals surface area contributed by atoms with Gasteiger partial charge in [-0.05, 0) is 28.1 Å². The van der Waals surface area contributed by atoms with Crippen molar-refractivity contribution < 1.29 is 22.7 Å². The third kappa shape index (κ3) is 3.76. The summed E-state index contributed by atoms with van der Waals surface area (Å²) >= 11 is 2.57. The number of rotatable bonds is 4. The van der Waals surface area contributed by atoms with Gasteiger partial charge in [0.25, 0.3) is 5.78 Å². The molecule has 7 heteroatoms. The first kappa shape index (κ1) is 14.6. The third-order valence-electron chi connectivity index (χ3n) is 1.94. The number of hydrogen-bond acceptors (Lipinski definition) is 3. The van der Waals surface area contributed by atoms with E-state index >= 15 is 0 Å². The Morgan fingerprint density at radius 3 is 2.56 bits per heavy atom. The van der Waals surface area contributed by atoms with Crippen LogP contribution in [0.3, 0.4) is 0 Å². The number of methoxy groups -OCH3 is 1. The Kier molecular flexibility index (Phi) is 4.77. The lowest BCUT2D eigenvalue weighted by molar-refractivity contribution is -0.165. The van der Waals surface area contributed by atoms with Gasteiger partial charge in [-0.25, -0.2) is 0 Å². The highest BCUT2D eigenvalue weighted by atomic mass is 79.9. The SMILES string of the molecule is COc1ccccc1N/C=C(\Br)C(=O)C(F)(F)F. The molecule has 0 aliphatic carbocycles. The molecule has 0 unspecified atom stereocenters. The van der Waals surface area contributed by atoms with Gasteiger partial charge in [0, 0.05) is 6.20 Å². The summed E-state index contributed by atoms with van der Waals surface area (Å²) in [6.07, 6.45) is -3.98. The Labute approximate surface area is 110 Å². The molecule has 0 heterocycles. The number of alkyl halides is 3. The molecule has 3 nitrogen and oxygen atoms in total. The largest absolute Gasteiger partial charge is 0.495 e. The van der Waals surface area contributed by atoms with Crippen molar-refractivity contribution in [3.8, 4) is 5.75 Å². The minimum absolute atomic E-state index is 0.451. The van der Waals surface area contributed by atoms with Crippen LogP contribution in [0.1, 0.15) is 0 Å². The molecular weight excluding hydrogens is 315 g/mol. The fourth-order valence-corrected chi connectivity index (χ4v) is 1.45. The number of anilines is 1. The van der Waals surface area contributed by atoms with Gasteiger partial charge in [0.1, 0.15) is 5.75 Å².